The van der Waals surface area contributed by atoms with Crippen molar-refractivity contribution in [1.29, 1.82) is 0 Å². The maximum absolute atomic E-state index is 13.3. The highest BCUT2D eigenvalue weighted by Crippen LogP contribution is 2.49. The Morgan fingerprint density at radius 2 is 1.61 bits per heavy atom. The van der Waals surface area contributed by atoms with Gasteiger partial charge in [-0.25, -0.2) is 4.39 Å². The van der Waals surface area contributed by atoms with Gasteiger partial charge in [-0.15, -0.1) is 0 Å². The van der Waals surface area contributed by atoms with Crippen LogP contribution in [-0.4, -0.2) is 27.6 Å². The molecule has 0 spiro atoms. The predicted molar refractivity (Wildman–Crippen MR) is 124 cm³/mol. The van der Waals surface area contributed by atoms with Crippen LogP contribution in [0.15, 0.2) is 65.8 Å². The number of rotatable bonds is 4. The molecule has 0 N–H and O–H groups in total. The van der Waals surface area contributed by atoms with Crippen LogP contribution in [0, 0.1) is 36.4 Å². The van der Waals surface area contributed by atoms with Gasteiger partial charge in [0.15, 0.2) is 0 Å². The SMILES string of the molecule is Cc1c(/C=N\N2C(=O)[C@H]3[C@H](C2=O)[C@H]2C=C[C@H]3CC2)c2ccccc2n1Cc1ccc(F)cc1. The molecule has 4 aliphatic rings. The largest absolute Gasteiger partial charge is 0.340 e. The maximum Gasteiger partial charge on any atom is 0.254 e. The van der Waals surface area contributed by atoms with Crippen LogP contribution in [0.5, 0.6) is 0 Å². The third-order valence-electron chi connectivity index (χ3n) is 7.57. The van der Waals surface area contributed by atoms with Crippen molar-refractivity contribution in [3.05, 3.63) is 83.3 Å². The second-order valence-corrected chi connectivity index (χ2v) is 9.30. The molecular weight excluding hydrogens is 417 g/mol. The molecule has 2 aromatic carbocycles. The average molecular weight is 442 g/mol. The lowest BCUT2D eigenvalue weighted by atomic mass is 9.63. The zero-order valence-corrected chi connectivity index (χ0v) is 18.3. The van der Waals surface area contributed by atoms with Crippen molar-refractivity contribution >= 4 is 28.9 Å². The molecule has 2 fully saturated rings. The fourth-order valence-corrected chi connectivity index (χ4v) is 5.88. The van der Waals surface area contributed by atoms with Crippen molar-refractivity contribution in [2.45, 2.75) is 26.3 Å². The fourth-order valence-electron chi connectivity index (χ4n) is 5.88. The Bertz CT molecular complexity index is 1310. The average Bonchev–Trinajstić information content (AvgIpc) is 3.26. The van der Waals surface area contributed by atoms with Gasteiger partial charge in [0, 0.05) is 28.7 Å². The molecule has 1 aliphatic heterocycles. The summed E-state index contributed by atoms with van der Waals surface area (Å²) in [5, 5.41) is 6.55. The highest BCUT2D eigenvalue weighted by Gasteiger charge is 2.56. The van der Waals surface area contributed by atoms with Crippen LogP contribution in [-0.2, 0) is 16.1 Å². The third-order valence-corrected chi connectivity index (χ3v) is 7.57. The van der Waals surface area contributed by atoms with Gasteiger partial charge in [-0.05, 0) is 55.4 Å². The number of halogens is 1. The summed E-state index contributed by atoms with van der Waals surface area (Å²) in [6.45, 7) is 2.59. The number of carbonyl (C=O) groups excluding carboxylic acids is 2. The minimum Gasteiger partial charge on any atom is -0.340 e. The van der Waals surface area contributed by atoms with Crippen molar-refractivity contribution in [3.63, 3.8) is 0 Å². The molecule has 2 amide bonds. The molecule has 1 saturated carbocycles. The van der Waals surface area contributed by atoms with Gasteiger partial charge in [0.2, 0.25) is 0 Å². The van der Waals surface area contributed by atoms with E-state index in [2.05, 4.69) is 21.8 Å². The molecule has 2 heterocycles. The van der Waals surface area contributed by atoms with Gasteiger partial charge in [-0.2, -0.15) is 10.1 Å². The molecule has 4 atom stereocenters. The van der Waals surface area contributed by atoms with Gasteiger partial charge in [0.25, 0.3) is 11.8 Å². The second kappa shape index (κ2) is 7.51. The van der Waals surface area contributed by atoms with Gasteiger partial charge >= 0.3 is 0 Å². The Balaban J connectivity index is 1.35. The Hall–Kier alpha value is -3.54. The number of carbonyl (C=O) groups is 2. The lowest BCUT2D eigenvalue weighted by Gasteiger charge is -2.37. The fraction of sp³-hybridized carbons (Fsp3) is 0.296. The van der Waals surface area contributed by atoms with Crippen LogP contribution in [0.4, 0.5) is 4.39 Å². The number of benzene rings is 2. The number of nitrogens with zero attached hydrogens (tertiary/aromatic N) is 3. The molecule has 1 saturated heterocycles. The molecule has 2 bridgehead atoms. The molecule has 3 aromatic rings. The summed E-state index contributed by atoms with van der Waals surface area (Å²) in [6, 6.07) is 14.5. The third kappa shape index (κ3) is 3.08. The summed E-state index contributed by atoms with van der Waals surface area (Å²) in [5.74, 6) is -0.837. The van der Waals surface area contributed by atoms with E-state index in [1.165, 1.54) is 12.1 Å². The molecule has 6 heteroatoms. The van der Waals surface area contributed by atoms with Crippen molar-refractivity contribution in [3.8, 4) is 0 Å². The number of para-hydroxylation sites is 1. The summed E-state index contributed by atoms with van der Waals surface area (Å²) in [6.07, 6.45) is 7.81. The van der Waals surface area contributed by atoms with Crippen molar-refractivity contribution in [1.82, 2.24) is 9.58 Å². The van der Waals surface area contributed by atoms with E-state index >= 15 is 0 Å². The van der Waals surface area contributed by atoms with E-state index in [1.54, 1.807) is 18.3 Å². The lowest BCUT2D eigenvalue weighted by Crippen LogP contribution is -2.38. The second-order valence-electron chi connectivity index (χ2n) is 9.30. The first-order valence-electron chi connectivity index (χ1n) is 11.5. The molecular formula is C27H24FN3O2. The number of hydrogen-bond acceptors (Lipinski definition) is 3. The summed E-state index contributed by atoms with van der Waals surface area (Å²) in [4.78, 5) is 26.2. The number of amides is 2. The Labute approximate surface area is 191 Å². The van der Waals surface area contributed by atoms with E-state index in [1.807, 2.05) is 31.2 Å². The van der Waals surface area contributed by atoms with E-state index in [4.69, 9.17) is 0 Å². The first kappa shape index (κ1) is 20.1. The zero-order chi connectivity index (χ0) is 22.7. The highest BCUT2D eigenvalue weighted by molar-refractivity contribution is 6.07. The van der Waals surface area contributed by atoms with E-state index < -0.39 is 0 Å². The van der Waals surface area contributed by atoms with Crippen LogP contribution >= 0.6 is 0 Å². The van der Waals surface area contributed by atoms with Crippen LogP contribution < -0.4 is 0 Å². The Morgan fingerprint density at radius 1 is 0.970 bits per heavy atom. The van der Waals surface area contributed by atoms with Gasteiger partial charge in [-0.3, -0.25) is 9.59 Å². The van der Waals surface area contributed by atoms with Crippen LogP contribution in [0.1, 0.15) is 29.7 Å². The predicted octanol–water partition coefficient (Wildman–Crippen LogP) is 4.67. The molecule has 0 radical (unpaired) electrons. The van der Waals surface area contributed by atoms with Gasteiger partial charge in [0.05, 0.1) is 18.1 Å². The van der Waals surface area contributed by atoms with E-state index in [-0.39, 0.29) is 41.3 Å². The van der Waals surface area contributed by atoms with Gasteiger partial charge in [0.1, 0.15) is 5.82 Å². The Kier molecular flexibility index (Phi) is 4.57. The quantitative estimate of drug-likeness (QED) is 0.336. The summed E-state index contributed by atoms with van der Waals surface area (Å²) in [7, 11) is 0. The number of imide groups is 1. The highest BCUT2D eigenvalue weighted by atomic mass is 19.1. The molecule has 0 unspecified atom stereocenters. The summed E-state index contributed by atoms with van der Waals surface area (Å²) >= 11 is 0. The summed E-state index contributed by atoms with van der Waals surface area (Å²) < 4.78 is 15.5. The van der Waals surface area contributed by atoms with E-state index in [9.17, 15) is 14.0 Å². The van der Waals surface area contributed by atoms with Crippen LogP contribution in [0.2, 0.25) is 0 Å². The zero-order valence-electron chi connectivity index (χ0n) is 18.3. The topological polar surface area (TPSA) is 54.7 Å². The van der Waals surface area contributed by atoms with Crippen molar-refractivity contribution < 1.29 is 14.0 Å². The normalized spacial score (nSPS) is 26.2. The first-order valence-corrected chi connectivity index (χ1v) is 11.5. The molecule has 166 valence electrons. The standard InChI is InChI=1S/C27H24FN3O2/c1-16-22(14-29-31-26(32)24-18-8-9-19(11-10-18)25(24)27(31)33)21-4-2-3-5-23(21)30(16)15-17-6-12-20(28)13-7-17/h2-9,12-14,18-19,24-25H,10-11,15H2,1H3/b29-14-/t18-,19-,24+,25+/m0/s1. The van der Waals surface area contributed by atoms with Gasteiger partial charge < -0.3 is 4.57 Å². The van der Waals surface area contributed by atoms with Crippen molar-refractivity contribution in [2.75, 3.05) is 0 Å². The lowest BCUT2D eigenvalue weighted by molar-refractivity contribution is -0.140. The number of hydrogen-bond donors (Lipinski definition) is 0. The Morgan fingerprint density at radius 3 is 2.24 bits per heavy atom. The molecule has 7 rings (SSSR count). The van der Waals surface area contributed by atoms with E-state index in [0.717, 1.165) is 45.6 Å². The summed E-state index contributed by atoms with van der Waals surface area (Å²) in [5.41, 5.74) is 3.86. The van der Waals surface area contributed by atoms with Crippen LogP contribution in [0.3, 0.4) is 0 Å². The smallest absolute Gasteiger partial charge is 0.254 e. The van der Waals surface area contributed by atoms with Gasteiger partial charge in [-0.1, -0.05) is 42.5 Å². The molecule has 3 aliphatic carbocycles. The maximum atomic E-state index is 13.3. The molecule has 5 nitrogen and oxygen atoms in total. The van der Waals surface area contributed by atoms with Crippen LogP contribution in [0.25, 0.3) is 10.9 Å². The monoisotopic (exact) mass is 441 g/mol. The number of aromatic nitrogens is 1. The number of fused-ring (bicyclic) bond motifs is 2. The minimum atomic E-state index is -0.265. The first-order chi connectivity index (χ1) is 16.0. The minimum absolute atomic E-state index is 0.149. The van der Waals surface area contributed by atoms with E-state index in [0.29, 0.717) is 6.54 Å². The molecule has 33 heavy (non-hydrogen) atoms. The number of hydrazone groups is 1. The van der Waals surface area contributed by atoms with Crippen molar-refractivity contribution in [2.24, 2.45) is 28.8 Å². The number of allylic oxidation sites excluding steroid dienone is 2. The molecule has 1 aromatic heterocycles.